The van der Waals surface area contributed by atoms with E-state index in [-0.39, 0.29) is 8.41 Å². The van der Waals surface area contributed by atoms with Gasteiger partial charge < -0.3 is 9.13 Å². The van der Waals surface area contributed by atoms with Gasteiger partial charge in [-0.2, -0.15) is 15.8 Å². The SMILES string of the molecule is N#Cc1ccc2c(c1)c1cc(C#N)ccc1n2-c1ccc([Si](c2ccccc2)(c2ccccc2)c2ccc3c(c2)c2ccccc2n3-c2ccccc2)cc1.[B].[C-]#[N+]c1ccc2c(c1)-c1cc(C#N)ccc1C2. The standard InChI is InChI=1S/C50H32N4Si.C15H8N2.B/c51-33-35-20-27-48-44(30-35)45-31-36(34-52)21-28-49(45)54(48)38-22-24-41(25-23-38)55(39-14-6-2-7-15-39,40-16-8-3-9-17-40)42-26-29-50-46(32-42)43-18-10-11-19-47(43)53(50)37-12-4-1-5-13-37;1-17-13-5-4-12-7-11-3-2-10(9-16)6-14(11)15(12)8-13;/h1-32H;2-6,8H,7H2;. The van der Waals surface area contributed by atoms with Gasteiger partial charge in [0.15, 0.2) is 13.8 Å². The average Bonchev–Trinajstić information content (AvgIpc) is 4.11. The van der Waals surface area contributed by atoms with Crippen molar-refractivity contribution in [3.8, 4) is 40.7 Å². The summed E-state index contributed by atoms with van der Waals surface area (Å²) in [4.78, 5) is 3.45. The van der Waals surface area contributed by atoms with Crippen molar-refractivity contribution >= 4 is 86.5 Å². The number of nitrogens with zero attached hydrogens (tertiary/aromatic N) is 6. The van der Waals surface area contributed by atoms with Gasteiger partial charge >= 0.3 is 0 Å². The molecular weight excluding hydrogens is 904 g/mol. The van der Waals surface area contributed by atoms with Gasteiger partial charge in [-0.05, 0) is 140 Å². The number of hydrogen-bond acceptors (Lipinski definition) is 3. The Morgan fingerprint density at radius 1 is 0.384 bits per heavy atom. The lowest BCUT2D eigenvalue weighted by molar-refractivity contribution is 1.18. The number of para-hydroxylation sites is 2. The van der Waals surface area contributed by atoms with E-state index in [1.165, 1.54) is 53.7 Å². The highest BCUT2D eigenvalue weighted by atomic mass is 28.3. The molecule has 1 aliphatic rings. The summed E-state index contributed by atoms with van der Waals surface area (Å²) in [6.07, 6.45) is 0.897. The molecule has 0 saturated heterocycles. The smallest absolute Gasteiger partial charge is 0.187 e. The van der Waals surface area contributed by atoms with Gasteiger partial charge in [-0.1, -0.05) is 140 Å². The Bertz CT molecular complexity index is 4110. The maximum absolute atomic E-state index is 9.74. The molecule has 337 valence electrons. The zero-order valence-electron chi connectivity index (χ0n) is 39.4. The van der Waals surface area contributed by atoms with E-state index in [1.54, 1.807) is 0 Å². The van der Waals surface area contributed by atoms with E-state index in [0.29, 0.717) is 22.4 Å². The number of fused-ring (bicyclic) bond motifs is 9. The fourth-order valence-corrected chi connectivity index (χ4v) is 15.8. The molecule has 0 bridgehead atoms. The average molecular weight is 944 g/mol. The van der Waals surface area contributed by atoms with Crippen LogP contribution in [0.3, 0.4) is 0 Å². The number of nitriles is 3. The van der Waals surface area contributed by atoms with Gasteiger partial charge in [0.05, 0.1) is 63.5 Å². The van der Waals surface area contributed by atoms with Gasteiger partial charge in [0.2, 0.25) is 0 Å². The molecule has 2 heterocycles. The second kappa shape index (κ2) is 18.7. The molecule has 10 aromatic carbocycles. The minimum absolute atomic E-state index is 0. The molecule has 0 atom stereocenters. The zero-order valence-corrected chi connectivity index (χ0v) is 40.4. The zero-order chi connectivity index (χ0) is 48.8. The summed E-state index contributed by atoms with van der Waals surface area (Å²) < 4.78 is 4.62. The van der Waals surface area contributed by atoms with E-state index in [4.69, 9.17) is 11.8 Å². The van der Waals surface area contributed by atoms with Crippen LogP contribution in [0.1, 0.15) is 27.8 Å². The Balaban J connectivity index is 0.000000269. The Labute approximate surface area is 426 Å². The number of rotatable bonds is 6. The molecule has 0 spiro atoms. The summed E-state index contributed by atoms with van der Waals surface area (Å²) in [6.45, 7) is 7.04. The molecule has 0 amide bonds. The minimum Gasteiger partial charge on any atom is -0.309 e. The molecule has 0 fully saturated rings. The van der Waals surface area contributed by atoms with Gasteiger partial charge in [-0.3, -0.25) is 0 Å². The third-order valence-corrected chi connectivity index (χ3v) is 19.0. The van der Waals surface area contributed by atoms with Crippen LogP contribution < -0.4 is 20.7 Å². The summed E-state index contributed by atoms with van der Waals surface area (Å²) in [7, 11) is -2.91. The Morgan fingerprint density at radius 2 is 0.808 bits per heavy atom. The first-order chi connectivity index (χ1) is 35.5. The van der Waals surface area contributed by atoms with Crippen LogP contribution in [-0.4, -0.2) is 25.6 Å². The molecule has 6 nitrogen and oxygen atoms in total. The van der Waals surface area contributed by atoms with Gasteiger partial charge in [0.1, 0.15) is 0 Å². The fraction of sp³-hybridized carbons (Fsp3) is 0.0154. The normalized spacial score (nSPS) is 11.3. The van der Waals surface area contributed by atoms with Crippen LogP contribution in [0.5, 0.6) is 0 Å². The van der Waals surface area contributed by atoms with Crippen LogP contribution in [0.15, 0.2) is 231 Å². The molecule has 0 saturated carbocycles. The summed E-state index contributed by atoms with van der Waals surface area (Å²) in [5.74, 6) is 0. The lowest BCUT2D eigenvalue weighted by Gasteiger charge is -2.34. The molecular formula is C65H40BN6Si. The van der Waals surface area contributed by atoms with Crippen molar-refractivity contribution in [1.29, 1.82) is 15.8 Å². The first-order valence-electron chi connectivity index (χ1n) is 23.7. The number of hydrogen-bond donors (Lipinski definition) is 0. The van der Waals surface area contributed by atoms with Gasteiger partial charge in [-0.25, -0.2) is 4.85 Å². The van der Waals surface area contributed by atoms with E-state index >= 15 is 0 Å². The van der Waals surface area contributed by atoms with E-state index in [9.17, 15) is 10.5 Å². The van der Waals surface area contributed by atoms with Crippen LogP contribution in [-0.2, 0) is 6.42 Å². The Kier molecular flexibility index (Phi) is 11.7. The Morgan fingerprint density at radius 3 is 1.38 bits per heavy atom. The molecule has 13 rings (SSSR count). The quantitative estimate of drug-likeness (QED) is 0.0945. The van der Waals surface area contributed by atoms with Crippen molar-refractivity contribution in [2.24, 2.45) is 0 Å². The second-order valence-electron chi connectivity index (χ2n) is 18.1. The molecule has 1 aliphatic carbocycles. The molecule has 0 unspecified atom stereocenters. The fourth-order valence-electron chi connectivity index (χ4n) is 11.0. The molecule has 73 heavy (non-hydrogen) atoms. The van der Waals surface area contributed by atoms with Crippen LogP contribution >= 0.6 is 0 Å². The predicted molar refractivity (Wildman–Crippen MR) is 300 cm³/mol. The highest BCUT2D eigenvalue weighted by Gasteiger charge is 2.42. The highest BCUT2D eigenvalue weighted by Crippen LogP contribution is 2.39. The third kappa shape index (κ3) is 7.56. The van der Waals surface area contributed by atoms with E-state index in [1.807, 2.05) is 72.8 Å². The van der Waals surface area contributed by atoms with Crippen molar-refractivity contribution in [3.63, 3.8) is 0 Å². The van der Waals surface area contributed by atoms with Gasteiger partial charge in [0, 0.05) is 41.3 Å². The molecule has 8 heteroatoms. The van der Waals surface area contributed by atoms with Crippen LogP contribution in [0, 0.1) is 40.6 Å². The molecule has 0 aliphatic heterocycles. The monoisotopic (exact) mass is 943 g/mol. The molecule has 0 N–H and O–H groups in total. The summed E-state index contributed by atoms with van der Waals surface area (Å²) >= 11 is 0. The topological polar surface area (TPSA) is 85.6 Å². The lowest BCUT2D eigenvalue weighted by Crippen LogP contribution is -2.74. The first kappa shape index (κ1) is 45.5. The Hall–Kier alpha value is -9.96. The summed E-state index contributed by atoms with van der Waals surface area (Å²) in [6, 6.07) is 87.6. The van der Waals surface area contributed by atoms with Crippen molar-refractivity contribution in [2.75, 3.05) is 0 Å². The summed E-state index contributed by atoms with van der Waals surface area (Å²) in [5, 5.41) is 38.0. The van der Waals surface area contributed by atoms with Crippen molar-refractivity contribution in [2.45, 2.75) is 6.42 Å². The van der Waals surface area contributed by atoms with Gasteiger partial charge in [-0.15, -0.1) is 0 Å². The highest BCUT2D eigenvalue weighted by molar-refractivity contribution is 7.20. The molecule has 2 aromatic heterocycles. The maximum Gasteiger partial charge on any atom is 0.187 e. The second-order valence-corrected chi connectivity index (χ2v) is 21.9. The van der Waals surface area contributed by atoms with Crippen LogP contribution in [0.2, 0.25) is 0 Å². The number of aromatic nitrogens is 2. The summed E-state index contributed by atoms with van der Waals surface area (Å²) in [5.41, 5.74) is 13.7. The van der Waals surface area contributed by atoms with Crippen LogP contribution in [0.4, 0.5) is 5.69 Å². The van der Waals surface area contributed by atoms with E-state index in [2.05, 4.69) is 190 Å². The van der Waals surface area contributed by atoms with Crippen molar-refractivity contribution in [1.82, 2.24) is 9.13 Å². The lowest BCUT2D eigenvalue weighted by atomic mass is 10.0. The maximum atomic E-state index is 9.74. The largest absolute Gasteiger partial charge is 0.309 e. The van der Waals surface area contributed by atoms with E-state index < -0.39 is 8.07 Å². The van der Waals surface area contributed by atoms with Crippen LogP contribution in [0.25, 0.3) is 71.0 Å². The number of benzene rings is 10. The molecule has 3 radical (unpaired) electrons. The minimum atomic E-state index is -2.91. The van der Waals surface area contributed by atoms with Crippen molar-refractivity contribution in [3.05, 3.63) is 270 Å². The third-order valence-electron chi connectivity index (χ3n) is 14.2. The molecule has 12 aromatic rings. The van der Waals surface area contributed by atoms with Gasteiger partial charge in [0.25, 0.3) is 0 Å². The predicted octanol–water partition coefficient (Wildman–Crippen LogP) is 12.3. The van der Waals surface area contributed by atoms with E-state index in [0.717, 1.165) is 50.7 Å². The first-order valence-corrected chi connectivity index (χ1v) is 25.7. The van der Waals surface area contributed by atoms with Crippen molar-refractivity contribution < 1.29 is 0 Å².